The third kappa shape index (κ3) is 4.76. The number of rotatable bonds is 6. The van der Waals surface area contributed by atoms with Crippen LogP contribution in [0.25, 0.3) is 0 Å². The van der Waals surface area contributed by atoms with Crippen molar-refractivity contribution >= 4 is 0 Å². The van der Waals surface area contributed by atoms with Gasteiger partial charge in [0.2, 0.25) is 0 Å². The normalized spacial score (nSPS) is 19.8. The predicted octanol–water partition coefficient (Wildman–Crippen LogP) is 4.51. The number of hydrogen-bond acceptors (Lipinski definition) is 4. The molecule has 3 aromatic rings. The van der Waals surface area contributed by atoms with Crippen molar-refractivity contribution in [1.82, 2.24) is 24.6 Å². The molecule has 1 saturated carbocycles. The fourth-order valence-corrected chi connectivity index (χ4v) is 5.40. The van der Waals surface area contributed by atoms with Crippen LogP contribution in [0.5, 0.6) is 0 Å². The van der Waals surface area contributed by atoms with Gasteiger partial charge in [0.1, 0.15) is 12.1 Å². The van der Waals surface area contributed by atoms with Crippen molar-refractivity contribution in [2.75, 3.05) is 26.2 Å². The van der Waals surface area contributed by atoms with Crippen LogP contribution in [0, 0.1) is 5.82 Å². The average molecular weight is 434 g/mol. The Balaban J connectivity index is 1.43. The highest BCUT2D eigenvalue weighted by Gasteiger charge is 2.31. The minimum Gasteiger partial charge on any atom is -0.311 e. The lowest BCUT2D eigenvalue weighted by Crippen LogP contribution is -2.38. The quantitative estimate of drug-likeness (QED) is 0.573. The highest BCUT2D eigenvalue weighted by Crippen LogP contribution is 2.31. The summed E-state index contributed by atoms with van der Waals surface area (Å²) in [5.74, 6) is 0.719. The molecule has 0 bridgehead atoms. The maximum absolute atomic E-state index is 13.7. The van der Waals surface area contributed by atoms with Gasteiger partial charge in [-0.15, -0.1) is 10.2 Å². The fourth-order valence-electron chi connectivity index (χ4n) is 5.40. The molecular formula is C26H32FN5. The summed E-state index contributed by atoms with van der Waals surface area (Å²) >= 11 is 0. The molecule has 5 nitrogen and oxygen atoms in total. The molecule has 6 heteroatoms. The van der Waals surface area contributed by atoms with Crippen LogP contribution in [0.3, 0.4) is 0 Å². The van der Waals surface area contributed by atoms with Crippen LogP contribution in [0.2, 0.25) is 0 Å². The monoisotopic (exact) mass is 433 g/mol. The molecule has 1 aliphatic heterocycles. The lowest BCUT2D eigenvalue weighted by Gasteiger charge is -2.31. The number of hydrogen-bond donors (Lipinski definition) is 0. The van der Waals surface area contributed by atoms with Gasteiger partial charge >= 0.3 is 0 Å². The molecule has 168 valence electrons. The Hall–Kier alpha value is -2.57. The van der Waals surface area contributed by atoms with Gasteiger partial charge in [0.05, 0.1) is 12.6 Å². The van der Waals surface area contributed by atoms with E-state index in [0.29, 0.717) is 0 Å². The molecule has 32 heavy (non-hydrogen) atoms. The van der Waals surface area contributed by atoms with Crippen LogP contribution < -0.4 is 0 Å². The molecule has 1 atom stereocenters. The lowest BCUT2D eigenvalue weighted by atomic mass is 10.0. The van der Waals surface area contributed by atoms with E-state index in [-0.39, 0.29) is 11.9 Å². The topological polar surface area (TPSA) is 37.2 Å². The summed E-state index contributed by atoms with van der Waals surface area (Å²) in [6, 6.07) is 18.0. The molecule has 0 amide bonds. The third-order valence-corrected chi connectivity index (χ3v) is 7.04. The van der Waals surface area contributed by atoms with E-state index in [2.05, 4.69) is 48.8 Å². The van der Waals surface area contributed by atoms with Crippen LogP contribution >= 0.6 is 0 Å². The molecule has 1 saturated heterocycles. The number of halogens is 1. The van der Waals surface area contributed by atoms with E-state index in [9.17, 15) is 4.39 Å². The zero-order valence-electron chi connectivity index (χ0n) is 18.6. The van der Waals surface area contributed by atoms with Crippen molar-refractivity contribution in [1.29, 1.82) is 0 Å². The van der Waals surface area contributed by atoms with Crippen molar-refractivity contribution in [3.63, 3.8) is 0 Å². The van der Waals surface area contributed by atoms with Crippen LogP contribution in [-0.4, -0.2) is 56.8 Å². The van der Waals surface area contributed by atoms with Gasteiger partial charge in [0.15, 0.2) is 5.82 Å². The van der Waals surface area contributed by atoms with Gasteiger partial charge < -0.3 is 4.57 Å². The maximum atomic E-state index is 13.7. The summed E-state index contributed by atoms with van der Waals surface area (Å²) in [6.07, 6.45) is 8.37. The zero-order chi connectivity index (χ0) is 21.8. The number of nitrogens with zero attached hydrogens (tertiary/aromatic N) is 5. The van der Waals surface area contributed by atoms with Crippen molar-refractivity contribution in [3.05, 3.63) is 83.7 Å². The average Bonchev–Trinajstić information content (AvgIpc) is 3.45. The molecule has 0 spiro atoms. The minimum absolute atomic E-state index is 0.0367. The molecule has 2 aromatic carbocycles. The standard InChI is InChI=1S/C26H32FN5/c27-23-13-11-22(12-14-23)25(26-29-28-20-32(26)19-21-7-2-1-3-8-21)31-16-6-15-30(17-18-31)24-9-4-5-10-24/h1-3,7-8,11-14,20,24-25H,4-6,9-10,15-19H2. The third-order valence-electron chi connectivity index (χ3n) is 7.04. The fraction of sp³-hybridized carbons (Fsp3) is 0.462. The first-order valence-corrected chi connectivity index (χ1v) is 11.9. The highest BCUT2D eigenvalue weighted by molar-refractivity contribution is 5.26. The summed E-state index contributed by atoms with van der Waals surface area (Å²) in [5.41, 5.74) is 2.29. The van der Waals surface area contributed by atoms with E-state index in [1.807, 2.05) is 24.5 Å². The van der Waals surface area contributed by atoms with Crippen LogP contribution in [-0.2, 0) is 6.54 Å². The lowest BCUT2D eigenvalue weighted by molar-refractivity contribution is 0.185. The Kier molecular flexibility index (Phi) is 6.60. The van der Waals surface area contributed by atoms with Crippen molar-refractivity contribution in [2.24, 2.45) is 0 Å². The molecule has 1 aliphatic carbocycles. The SMILES string of the molecule is Fc1ccc(C(c2nncn2Cc2ccccc2)N2CCCN(C3CCCC3)CC2)cc1. The molecule has 2 fully saturated rings. The largest absolute Gasteiger partial charge is 0.311 e. The van der Waals surface area contributed by atoms with E-state index < -0.39 is 0 Å². The first kappa shape index (κ1) is 21.3. The first-order chi connectivity index (χ1) is 15.8. The predicted molar refractivity (Wildman–Crippen MR) is 124 cm³/mol. The molecule has 5 rings (SSSR count). The van der Waals surface area contributed by atoms with E-state index >= 15 is 0 Å². The van der Waals surface area contributed by atoms with Crippen molar-refractivity contribution in [2.45, 2.75) is 50.7 Å². The summed E-state index contributed by atoms with van der Waals surface area (Å²) in [4.78, 5) is 5.22. The van der Waals surface area contributed by atoms with E-state index in [1.165, 1.54) is 31.2 Å². The van der Waals surface area contributed by atoms with Crippen LogP contribution in [0.4, 0.5) is 4.39 Å². The summed E-state index contributed by atoms with van der Waals surface area (Å²) in [7, 11) is 0. The van der Waals surface area contributed by atoms with Gasteiger partial charge in [0.25, 0.3) is 0 Å². The Labute approximate surface area is 189 Å². The second-order valence-corrected chi connectivity index (χ2v) is 9.12. The van der Waals surface area contributed by atoms with Gasteiger partial charge in [-0.05, 0) is 49.1 Å². The molecule has 2 aliphatic rings. The molecule has 0 radical (unpaired) electrons. The minimum atomic E-state index is -0.207. The Morgan fingerprint density at radius 3 is 2.44 bits per heavy atom. The van der Waals surface area contributed by atoms with Crippen molar-refractivity contribution in [3.8, 4) is 0 Å². The molecule has 2 heterocycles. The zero-order valence-corrected chi connectivity index (χ0v) is 18.6. The molecule has 1 unspecified atom stereocenters. The second kappa shape index (κ2) is 9.92. The smallest absolute Gasteiger partial charge is 0.155 e. The van der Waals surface area contributed by atoms with Gasteiger partial charge in [-0.2, -0.15) is 0 Å². The van der Waals surface area contributed by atoms with Gasteiger partial charge in [-0.1, -0.05) is 55.3 Å². The highest BCUT2D eigenvalue weighted by atomic mass is 19.1. The maximum Gasteiger partial charge on any atom is 0.155 e. The summed E-state index contributed by atoms with van der Waals surface area (Å²) in [5, 5.41) is 8.86. The van der Waals surface area contributed by atoms with Crippen LogP contribution in [0.15, 0.2) is 60.9 Å². The van der Waals surface area contributed by atoms with E-state index in [4.69, 9.17) is 0 Å². The molecule has 1 aromatic heterocycles. The molecule has 0 N–H and O–H groups in total. The Morgan fingerprint density at radius 1 is 0.875 bits per heavy atom. The van der Waals surface area contributed by atoms with E-state index in [1.54, 1.807) is 12.1 Å². The Bertz CT molecular complexity index is 981. The molecular weight excluding hydrogens is 401 g/mol. The first-order valence-electron chi connectivity index (χ1n) is 11.9. The second-order valence-electron chi connectivity index (χ2n) is 9.12. The van der Waals surface area contributed by atoms with Crippen LogP contribution in [0.1, 0.15) is 55.1 Å². The van der Waals surface area contributed by atoms with Gasteiger partial charge in [0, 0.05) is 25.7 Å². The summed E-state index contributed by atoms with van der Waals surface area (Å²) in [6.45, 7) is 4.95. The number of aromatic nitrogens is 3. The van der Waals surface area contributed by atoms with E-state index in [0.717, 1.165) is 56.6 Å². The summed E-state index contributed by atoms with van der Waals surface area (Å²) < 4.78 is 15.9. The number of benzene rings is 2. The van der Waals surface area contributed by atoms with Gasteiger partial charge in [-0.25, -0.2) is 4.39 Å². The van der Waals surface area contributed by atoms with Crippen molar-refractivity contribution < 1.29 is 4.39 Å². The van der Waals surface area contributed by atoms with Gasteiger partial charge in [-0.3, -0.25) is 9.80 Å². The Morgan fingerprint density at radius 2 is 1.66 bits per heavy atom.